The maximum atomic E-state index is 11.0. The minimum absolute atomic E-state index is 0.0617. The summed E-state index contributed by atoms with van der Waals surface area (Å²) in [6.45, 7) is 4.22. The second kappa shape index (κ2) is 6.19. The summed E-state index contributed by atoms with van der Waals surface area (Å²) in [6, 6.07) is 7.90. The molecule has 8 heteroatoms. The van der Waals surface area contributed by atoms with E-state index in [4.69, 9.17) is 9.88 Å². The number of fused-ring (bicyclic) bond motifs is 1. The average molecular weight is 350 g/mol. The van der Waals surface area contributed by atoms with Crippen molar-refractivity contribution in [2.45, 2.75) is 13.3 Å². The molecule has 0 radical (unpaired) electrons. The Morgan fingerprint density at radius 1 is 1.38 bits per heavy atom. The van der Waals surface area contributed by atoms with Gasteiger partial charge < -0.3 is 9.64 Å². The fourth-order valence-corrected chi connectivity index (χ4v) is 3.66. The number of hydrogen-bond acceptors (Lipinski definition) is 5. The van der Waals surface area contributed by atoms with Gasteiger partial charge in [0.05, 0.1) is 7.11 Å². The Balaban J connectivity index is 1.73. The maximum absolute atomic E-state index is 11.0. The van der Waals surface area contributed by atoms with Crippen molar-refractivity contribution >= 4 is 26.8 Å². The zero-order valence-corrected chi connectivity index (χ0v) is 14.6. The lowest BCUT2D eigenvalue weighted by atomic mass is 9.78. The van der Waals surface area contributed by atoms with Crippen LogP contribution in [0, 0.1) is 5.41 Å². The molecule has 1 saturated heterocycles. The van der Waals surface area contributed by atoms with Gasteiger partial charge in [0.15, 0.2) is 0 Å². The average Bonchev–Trinajstić information content (AvgIpc) is 2.50. The lowest BCUT2D eigenvalue weighted by molar-refractivity contribution is 0.226. The second-order valence-corrected chi connectivity index (χ2v) is 7.92. The van der Waals surface area contributed by atoms with Crippen molar-refractivity contribution < 1.29 is 13.2 Å². The van der Waals surface area contributed by atoms with Gasteiger partial charge in [0.2, 0.25) is 0 Å². The summed E-state index contributed by atoms with van der Waals surface area (Å²) < 4.78 is 29.6. The maximum Gasteiger partial charge on any atom is 0.274 e. The van der Waals surface area contributed by atoms with Crippen molar-refractivity contribution in [3.63, 3.8) is 0 Å². The van der Waals surface area contributed by atoms with Gasteiger partial charge in [-0.05, 0) is 18.6 Å². The predicted molar refractivity (Wildman–Crippen MR) is 94.3 cm³/mol. The molecule has 130 valence electrons. The van der Waals surface area contributed by atoms with E-state index in [2.05, 4.69) is 21.5 Å². The van der Waals surface area contributed by atoms with E-state index in [9.17, 15) is 8.42 Å². The molecule has 0 atom stereocenters. The first kappa shape index (κ1) is 16.9. The lowest BCUT2D eigenvalue weighted by Gasteiger charge is -2.50. The molecular formula is C16H22N4O3S. The highest BCUT2D eigenvalue weighted by molar-refractivity contribution is 7.87. The van der Waals surface area contributed by atoms with Crippen LogP contribution in [0.1, 0.15) is 13.3 Å². The Morgan fingerprint density at radius 2 is 2.12 bits per heavy atom. The number of ether oxygens (including phenoxy) is 1. The number of aromatic nitrogens is 1. The molecule has 2 aromatic rings. The van der Waals surface area contributed by atoms with Gasteiger partial charge in [-0.1, -0.05) is 19.1 Å². The largest absolute Gasteiger partial charge is 0.494 e. The molecule has 0 spiro atoms. The molecule has 0 unspecified atom stereocenters. The van der Waals surface area contributed by atoms with Gasteiger partial charge in [-0.25, -0.2) is 9.86 Å². The summed E-state index contributed by atoms with van der Waals surface area (Å²) in [5.74, 6) is 0.759. The van der Waals surface area contributed by atoms with Crippen LogP contribution in [0.5, 0.6) is 5.75 Å². The van der Waals surface area contributed by atoms with Crippen LogP contribution in [0.2, 0.25) is 0 Å². The minimum atomic E-state index is -3.62. The number of anilines is 1. The van der Waals surface area contributed by atoms with E-state index < -0.39 is 10.2 Å². The molecule has 2 heterocycles. The van der Waals surface area contributed by atoms with Gasteiger partial charge in [-0.2, -0.15) is 8.42 Å². The number of pyridine rings is 1. The number of nitrogens with zero attached hydrogens (tertiary/aromatic N) is 2. The molecular weight excluding hydrogens is 328 g/mol. The highest BCUT2D eigenvalue weighted by atomic mass is 32.2. The Morgan fingerprint density at radius 3 is 2.79 bits per heavy atom. The molecule has 24 heavy (non-hydrogen) atoms. The van der Waals surface area contributed by atoms with Crippen molar-refractivity contribution in [2.24, 2.45) is 10.6 Å². The zero-order valence-electron chi connectivity index (χ0n) is 13.8. The lowest BCUT2D eigenvalue weighted by Crippen LogP contribution is -2.56. The molecule has 7 nitrogen and oxygen atoms in total. The fraction of sp³-hybridized carbons (Fsp3) is 0.438. The number of rotatable bonds is 6. The van der Waals surface area contributed by atoms with Crippen LogP contribution in [0.3, 0.4) is 0 Å². The summed E-state index contributed by atoms with van der Waals surface area (Å²) in [6.07, 6.45) is 2.53. The van der Waals surface area contributed by atoms with Crippen LogP contribution in [0.25, 0.3) is 10.9 Å². The Hall–Kier alpha value is -1.90. The van der Waals surface area contributed by atoms with Crippen LogP contribution in [0.15, 0.2) is 30.5 Å². The van der Waals surface area contributed by atoms with Crippen molar-refractivity contribution in [3.8, 4) is 5.75 Å². The van der Waals surface area contributed by atoms with Crippen molar-refractivity contribution in [3.05, 3.63) is 30.5 Å². The predicted octanol–water partition coefficient (Wildman–Crippen LogP) is 1.25. The number of para-hydroxylation sites is 1. The monoisotopic (exact) mass is 350 g/mol. The smallest absolute Gasteiger partial charge is 0.274 e. The van der Waals surface area contributed by atoms with E-state index >= 15 is 0 Å². The van der Waals surface area contributed by atoms with Gasteiger partial charge in [0.1, 0.15) is 11.3 Å². The fourth-order valence-electron chi connectivity index (χ4n) is 3.27. The highest BCUT2D eigenvalue weighted by Crippen LogP contribution is 2.40. The highest BCUT2D eigenvalue weighted by Gasteiger charge is 2.39. The quantitative estimate of drug-likeness (QED) is 0.817. The van der Waals surface area contributed by atoms with Crippen LogP contribution in [-0.2, 0) is 10.2 Å². The summed E-state index contributed by atoms with van der Waals surface area (Å²) in [4.78, 5) is 6.70. The van der Waals surface area contributed by atoms with Crippen LogP contribution < -0.4 is 19.5 Å². The third-order valence-electron chi connectivity index (χ3n) is 4.45. The van der Waals surface area contributed by atoms with Gasteiger partial charge in [0.25, 0.3) is 10.2 Å². The van der Waals surface area contributed by atoms with Gasteiger partial charge in [0, 0.05) is 42.3 Å². The summed E-state index contributed by atoms with van der Waals surface area (Å²) >= 11 is 0. The molecule has 1 fully saturated rings. The summed E-state index contributed by atoms with van der Waals surface area (Å²) in [7, 11) is -1.98. The standard InChI is InChI=1S/C16H22N4O3S/c1-16(7-9-19-24(17,21)22)10-20(11-16)13-6-8-18-15-12(13)4-3-5-14(15)23-2/h3-6,8,19H,7,9-11H2,1-2H3,(H2,17,21,22). The van der Waals surface area contributed by atoms with Gasteiger partial charge in [-0.15, -0.1) is 0 Å². The first-order valence-electron chi connectivity index (χ1n) is 7.75. The van der Waals surface area contributed by atoms with E-state index in [1.807, 2.05) is 24.3 Å². The molecule has 0 aliphatic carbocycles. The van der Waals surface area contributed by atoms with E-state index in [0.717, 1.165) is 41.9 Å². The number of nitrogens with one attached hydrogen (secondary N) is 1. The summed E-state index contributed by atoms with van der Waals surface area (Å²) in [5, 5.41) is 6.02. The van der Waals surface area contributed by atoms with Crippen LogP contribution in [0.4, 0.5) is 5.69 Å². The van der Waals surface area contributed by atoms with Gasteiger partial charge in [-0.3, -0.25) is 4.98 Å². The first-order chi connectivity index (χ1) is 11.3. The molecule has 1 aromatic carbocycles. The zero-order chi connectivity index (χ0) is 17.4. The Bertz CT molecular complexity index is 848. The molecule has 3 rings (SSSR count). The number of nitrogens with two attached hydrogens (primary N) is 1. The molecule has 0 amide bonds. The molecule has 1 aliphatic heterocycles. The van der Waals surface area contributed by atoms with Crippen molar-refractivity contribution in [1.29, 1.82) is 0 Å². The molecule has 0 saturated carbocycles. The van der Waals surface area contributed by atoms with E-state index in [1.54, 1.807) is 13.3 Å². The second-order valence-electron chi connectivity index (χ2n) is 6.54. The molecule has 3 N–H and O–H groups in total. The van der Waals surface area contributed by atoms with E-state index in [0.29, 0.717) is 6.54 Å². The number of hydrogen-bond donors (Lipinski definition) is 2. The van der Waals surface area contributed by atoms with E-state index in [1.165, 1.54) is 0 Å². The van der Waals surface area contributed by atoms with Crippen LogP contribution >= 0.6 is 0 Å². The molecule has 0 bridgehead atoms. The molecule has 1 aromatic heterocycles. The normalized spacial score (nSPS) is 16.9. The van der Waals surface area contributed by atoms with Crippen LogP contribution in [-0.4, -0.2) is 40.1 Å². The minimum Gasteiger partial charge on any atom is -0.494 e. The SMILES string of the molecule is COc1cccc2c(N3CC(C)(CCNS(N)(=O)=O)C3)ccnc12. The van der Waals surface area contributed by atoms with Crippen molar-refractivity contribution in [1.82, 2.24) is 9.71 Å². The Kier molecular flexibility index (Phi) is 4.37. The summed E-state index contributed by atoms with van der Waals surface area (Å²) in [5.41, 5.74) is 2.03. The molecule has 1 aliphatic rings. The third-order valence-corrected chi connectivity index (χ3v) is 5.06. The third kappa shape index (κ3) is 3.45. The number of benzene rings is 1. The van der Waals surface area contributed by atoms with E-state index in [-0.39, 0.29) is 5.41 Å². The topological polar surface area (TPSA) is 97.5 Å². The Labute approximate surface area is 142 Å². The van der Waals surface area contributed by atoms with Crippen molar-refractivity contribution in [2.75, 3.05) is 31.6 Å². The number of methoxy groups -OCH3 is 1. The first-order valence-corrected chi connectivity index (χ1v) is 9.30. The van der Waals surface area contributed by atoms with Gasteiger partial charge >= 0.3 is 0 Å².